The summed E-state index contributed by atoms with van der Waals surface area (Å²) in [4.78, 5) is 24.1. The number of rotatable bonds is 3. The minimum absolute atomic E-state index is 0.00661. The second kappa shape index (κ2) is 6.43. The molecule has 0 radical (unpaired) electrons. The van der Waals surface area contributed by atoms with Gasteiger partial charge < -0.3 is 14.3 Å². The number of hydrazone groups is 1. The molecule has 1 aliphatic rings. The third-order valence-electron chi connectivity index (χ3n) is 4.08. The van der Waals surface area contributed by atoms with E-state index in [0.29, 0.717) is 23.6 Å². The van der Waals surface area contributed by atoms with Crippen molar-refractivity contribution in [1.82, 2.24) is 5.01 Å². The van der Waals surface area contributed by atoms with E-state index in [1.807, 2.05) is 12.1 Å². The lowest BCUT2D eigenvalue weighted by Crippen LogP contribution is -2.24. The molecular formula is C18H18N2O5. The Bertz CT molecular complexity index is 899. The van der Waals surface area contributed by atoms with Crippen molar-refractivity contribution in [2.75, 3.05) is 7.11 Å². The molecule has 1 aromatic heterocycles. The maximum atomic E-state index is 12.1. The molecule has 1 aliphatic heterocycles. The molecule has 2 aromatic rings. The summed E-state index contributed by atoms with van der Waals surface area (Å²) >= 11 is 0. The molecule has 0 saturated heterocycles. The first-order valence-electron chi connectivity index (χ1n) is 7.76. The Morgan fingerprint density at radius 3 is 2.60 bits per heavy atom. The Morgan fingerprint density at radius 2 is 2.04 bits per heavy atom. The highest BCUT2D eigenvalue weighted by Crippen LogP contribution is 2.34. The summed E-state index contributed by atoms with van der Waals surface area (Å²) in [5.74, 6) is 0.548. The number of aryl methyl sites for hydroxylation is 1. The fourth-order valence-corrected chi connectivity index (χ4v) is 2.90. The van der Waals surface area contributed by atoms with Crippen LogP contribution in [0.15, 0.2) is 44.6 Å². The summed E-state index contributed by atoms with van der Waals surface area (Å²) in [6.07, 6.45) is 0.299. The summed E-state index contributed by atoms with van der Waals surface area (Å²) in [5.41, 5.74) is 0.496. The molecule has 2 heterocycles. The zero-order valence-corrected chi connectivity index (χ0v) is 14.1. The van der Waals surface area contributed by atoms with Crippen molar-refractivity contribution in [3.8, 4) is 11.5 Å². The van der Waals surface area contributed by atoms with Crippen molar-refractivity contribution in [3.05, 3.63) is 57.6 Å². The zero-order chi connectivity index (χ0) is 18.1. The molecule has 0 aliphatic carbocycles. The molecular weight excluding hydrogens is 324 g/mol. The molecule has 1 unspecified atom stereocenters. The van der Waals surface area contributed by atoms with Gasteiger partial charge in [0.2, 0.25) is 5.91 Å². The van der Waals surface area contributed by atoms with E-state index in [2.05, 4.69) is 5.10 Å². The summed E-state index contributed by atoms with van der Waals surface area (Å²) in [5, 5.41) is 15.7. The number of methoxy groups -OCH3 is 1. The highest BCUT2D eigenvalue weighted by Gasteiger charge is 2.33. The number of ether oxygens (including phenoxy) is 1. The fourth-order valence-electron chi connectivity index (χ4n) is 2.90. The number of aromatic hydroxyl groups is 1. The van der Waals surface area contributed by atoms with E-state index in [1.54, 1.807) is 26.2 Å². The molecule has 130 valence electrons. The van der Waals surface area contributed by atoms with Crippen molar-refractivity contribution < 1.29 is 19.1 Å². The average molecular weight is 342 g/mol. The van der Waals surface area contributed by atoms with E-state index in [-0.39, 0.29) is 23.3 Å². The lowest BCUT2D eigenvalue weighted by Gasteiger charge is -2.20. The first-order chi connectivity index (χ1) is 11.9. The topological polar surface area (TPSA) is 92.3 Å². The SMILES string of the molecule is COc1ccc(C2CC(c3c(O)cc(C)oc3=O)=NN2C(C)=O)cc1. The van der Waals surface area contributed by atoms with Gasteiger partial charge in [-0.15, -0.1) is 0 Å². The predicted octanol–water partition coefficient (Wildman–Crippen LogP) is 2.36. The first-order valence-corrected chi connectivity index (χ1v) is 7.76. The Kier molecular flexibility index (Phi) is 4.31. The van der Waals surface area contributed by atoms with Crippen LogP contribution in [0.25, 0.3) is 0 Å². The van der Waals surface area contributed by atoms with Crippen molar-refractivity contribution in [1.29, 1.82) is 0 Å². The van der Waals surface area contributed by atoms with Crippen LogP contribution in [-0.2, 0) is 4.79 Å². The van der Waals surface area contributed by atoms with Crippen molar-refractivity contribution in [2.24, 2.45) is 5.10 Å². The minimum Gasteiger partial charge on any atom is -0.507 e. The molecule has 0 spiro atoms. The average Bonchev–Trinajstić information content (AvgIpc) is 2.99. The Balaban J connectivity index is 2.00. The Labute approximate surface area is 144 Å². The van der Waals surface area contributed by atoms with Gasteiger partial charge in [-0.25, -0.2) is 9.80 Å². The number of hydrogen-bond donors (Lipinski definition) is 1. The second-order valence-corrected chi connectivity index (χ2v) is 5.81. The molecule has 1 aromatic carbocycles. The summed E-state index contributed by atoms with van der Waals surface area (Å²) in [6.45, 7) is 2.98. The van der Waals surface area contributed by atoms with Gasteiger partial charge in [0.25, 0.3) is 0 Å². The van der Waals surface area contributed by atoms with E-state index in [4.69, 9.17) is 9.15 Å². The predicted molar refractivity (Wildman–Crippen MR) is 90.8 cm³/mol. The molecule has 7 nitrogen and oxygen atoms in total. The van der Waals surface area contributed by atoms with Gasteiger partial charge >= 0.3 is 5.63 Å². The minimum atomic E-state index is -0.671. The van der Waals surface area contributed by atoms with Crippen LogP contribution in [0.3, 0.4) is 0 Å². The number of hydrogen-bond acceptors (Lipinski definition) is 6. The Hall–Kier alpha value is -3.09. The molecule has 1 N–H and O–H groups in total. The number of carbonyl (C=O) groups excluding carboxylic acids is 1. The second-order valence-electron chi connectivity index (χ2n) is 5.81. The van der Waals surface area contributed by atoms with Crippen LogP contribution in [0, 0.1) is 6.92 Å². The number of carbonyl (C=O) groups is 1. The molecule has 0 saturated carbocycles. The molecule has 7 heteroatoms. The van der Waals surface area contributed by atoms with E-state index in [0.717, 1.165) is 5.56 Å². The highest BCUT2D eigenvalue weighted by atomic mass is 16.5. The smallest absolute Gasteiger partial charge is 0.348 e. The van der Waals surface area contributed by atoms with Gasteiger partial charge in [0.15, 0.2) is 0 Å². The summed E-state index contributed by atoms with van der Waals surface area (Å²) in [7, 11) is 1.58. The van der Waals surface area contributed by atoms with Gasteiger partial charge in [-0.3, -0.25) is 4.79 Å². The molecule has 3 rings (SSSR count). The first kappa shape index (κ1) is 16.8. The van der Waals surface area contributed by atoms with Crippen molar-refractivity contribution in [2.45, 2.75) is 26.3 Å². The van der Waals surface area contributed by atoms with Gasteiger partial charge in [0, 0.05) is 19.4 Å². The van der Waals surface area contributed by atoms with Crippen LogP contribution in [0.4, 0.5) is 0 Å². The van der Waals surface area contributed by atoms with Crippen LogP contribution < -0.4 is 10.4 Å². The molecule has 25 heavy (non-hydrogen) atoms. The molecule has 1 amide bonds. The van der Waals surface area contributed by atoms with Gasteiger partial charge in [-0.05, 0) is 24.6 Å². The third kappa shape index (κ3) is 3.13. The van der Waals surface area contributed by atoms with E-state index in [1.165, 1.54) is 18.0 Å². The van der Waals surface area contributed by atoms with Crippen molar-refractivity contribution in [3.63, 3.8) is 0 Å². The largest absolute Gasteiger partial charge is 0.507 e. The quantitative estimate of drug-likeness (QED) is 0.924. The summed E-state index contributed by atoms with van der Waals surface area (Å²) < 4.78 is 10.2. The van der Waals surface area contributed by atoms with Crippen LogP contribution in [0.1, 0.15) is 36.3 Å². The Morgan fingerprint density at radius 1 is 1.36 bits per heavy atom. The zero-order valence-electron chi connectivity index (χ0n) is 14.1. The summed E-state index contributed by atoms with van der Waals surface area (Å²) in [6, 6.07) is 8.27. The molecule has 0 fully saturated rings. The van der Waals surface area contributed by atoms with E-state index < -0.39 is 5.63 Å². The van der Waals surface area contributed by atoms with Crippen molar-refractivity contribution >= 4 is 11.6 Å². The van der Waals surface area contributed by atoms with Gasteiger partial charge in [-0.1, -0.05) is 12.1 Å². The van der Waals surface area contributed by atoms with Crippen LogP contribution >= 0.6 is 0 Å². The lowest BCUT2D eigenvalue weighted by atomic mass is 9.98. The van der Waals surface area contributed by atoms with Crippen LogP contribution in [0.5, 0.6) is 11.5 Å². The number of nitrogens with zero attached hydrogens (tertiary/aromatic N) is 2. The molecule has 1 atom stereocenters. The van der Waals surface area contributed by atoms with Gasteiger partial charge in [0.05, 0.1) is 18.9 Å². The van der Waals surface area contributed by atoms with Crippen LogP contribution in [0.2, 0.25) is 0 Å². The van der Waals surface area contributed by atoms with Gasteiger partial charge in [0.1, 0.15) is 22.8 Å². The third-order valence-corrected chi connectivity index (χ3v) is 4.08. The number of benzene rings is 1. The number of amides is 1. The van der Waals surface area contributed by atoms with E-state index in [9.17, 15) is 14.7 Å². The van der Waals surface area contributed by atoms with Gasteiger partial charge in [-0.2, -0.15) is 5.10 Å². The molecule has 0 bridgehead atoms. The lowest BCUT2D eigenvalue weighted by molar-refractivity contribution is -0.130. The van der Waals surface area contributed by atoms with Crippen LogP contribution in [-0.4, -0.2) is 28.8 Å². The highest BCUT2D eigenvalue weighted by molar-refractivity contribution is 6.04. The standard InChI is InChI=1S/C18H18N2O5/c1-10-8-16(22)17(18(23)25-10)14-9-15(20(19-14)11(2)21)12-4-6-13(24-3)7-5-12/h4-8,15,22H,9H2,1-3H3. The maximum Gasteiger partial charge on any atom is 0.348 e. The fraction of sp³-hybridized carbons (Fsp3) is 0.278. The van der Waals surface area contributed by atoms with E-state index >= 15 is 0 Å². The monoisotopic (exact) mass is 342 g/mol. The normalized spacial score (nSPS) is 16.7. The maximum absolute atomic E-state index is 12.1.